The summed E-state index contributed by atoms with van der Waals surface area (Å²) in [6.45, 7) is 4.80. The first-order valence-electron chi connectivity index (χ1n) is 10.5. The van der Waals surface area contributed by atoms with Crippen LogP contribution in [0.1, 0.15) is 12.5 Å². The van der Waals surface area contributed by atoms with Gasteiger partial charge in [0.1, 0.15) is 5.82 Å². The van der Waals surface area contributed by atoms with Crippen molar-refractivity contribution in [1.82, 2.24) is 24.7 Å². The number of ether oxygens (including phenoxy) is 2. The molecule has 0 saturated carbocycles. The van der Waals surface area contributed by atoms with E-state index in [9.17, 15) is 0 Å². The third-order valence-corrected chi connectivity index (χ3v) is 5.77. The number of hydrogen-bond donors (Lipinski definition) is 1. The Morgan fingerprint density at radius 1 is 1.26 bits per heavy atom. The molecule has 1 aliphatic rings. The highest BCUT2D eigenvalue weighted by Crippen LogP contribution is 2.32. The van der Waals surface area contributed by atoms with Crippen molar-refractivity contribution in [3.8, 4) is 22.8 Å². The summed E-state index contributed by atoms with van der Waals surface area (Å²) in [6, 6.07) is 10.5. The number of H-pyrrole nitrogens is 1. The normalized spacial score (nSPS) is 16.9. The number of aryl methyl sites for hydroxylation is 1. The average molecular weight is 419 g/mol. The smallest absolute Gasteiger partial charge is 0.162 e. The van der Waals surface area contributed by atoms with Crippen LogP contribution in [0.2, 0.25) is 0 Å². The summed E-state index contributed by atoms with van der Waals surface area (Å²) in [7, 11) is 3.62. The van der Waals surface area contributed by atoms with Gasteiger partial charge in [-0.25, -0.2) is 9.97 Å². The summed E-state index contributed by atoms with van der Waals surface area (Å²) in [6.07, 6.45) is 3.78. The lowest BCUT2D eigenvalue weighted by atomic mass is 10.1. The Kier molecular flexibility index (Phi) is 5.17. The predicted molar refractivity (Wildman–Crippen MR) is 120 cm³/mol. The van der Waals surface area contributed by atoms with Crippen molar-refractivity contribution in [2.45, 2.75) is 19.6 Å². The van der Waals surface area contributed by atoms with E-state index >= 15 is 0 Å². The number of aromatic nitrogens is 5. The van der Waals surface area contributed by atoms with Gasteiger partial charge in [-0.3, -0.25) is 4.68 Å². The van der Waals surface area contributed by atoms with E-state index in [-0.39, 0.29) is 6.04 Å². The summed E-state index contributed by atoms with van der Waals surface area (Å²) < 4.78 is 12.9. The quantitative estimate of drug-likeness (QED) is 0.535. The standard InChI is InChI=1S/C23H26N6O2/c1-15-13-31-10-9-29(15)21-11-20(22-16(14-30-3)12-25-28(22)2)26-23(27-21)18-5-4-6-19-17(18)7-8-24-19/h4-8,11-12,15,24H,9-10,13-14H2,1-3H3. The SMILES string of the molecule is COCc1cnn(C)c1-c1cc(N2CCOCC2C)nc(-c2cccc3[nH]ccc23)n1. The van der Waals surface area contributed by atoms with Gasteiger partial charge in [-0.2, -0.15) is 5.10 Å². The zero-order chi connectivity index (χ0) is 21.4. The van der Waals surface area contributed by atoms with Crippen LogP contribution >= 0.6 is 0 Å². The van der Waals surface area contributed by atoms with Crippen LogP contribution in [0, 0.1) is 0 Å². The molecule has 5 rings (SSSR count). The van der Waals surface area contributed by atoms with Crippen LogP contribution in [0.5, 0.6) is 0 Å². The van der Waals surface area contributed by atoms with Gasteiger partial charge in [-0.1, -0.05) is 12.1 Å². The second-order valence-corrected chi connectivity index (χ2v) is 7.87. The Morgan fingerprint density at radius 2 is 2.16 bits per heavy atom. The Morgan fingerprint density at radius 3 is 3.00 bits per heavy atom. The number of fused-ring (bicyclic) bond motifs is 1. The lowest BCUT2D eigenvalue weighted by Crippen LogP contribution is -2.44. The Balaban J connectivity index is 1.72. The summed E-state index contributed by atoms with van der Waals surface area (Å²) >= 11 is 0. The average Bonchev–Trinajstić information content (AvgIpc) is 3.40. The number of hydrogen-bond acceptors (Lipinski definition) is 6. The second-order valence-electron chi connectivity index (χ2n) is 7.87. The molecule has 8 heteroatoms. The molecule has 160 valence electrons. The molecule has 0 amide bonds. The van der Waals surface area contributed by atoms with E-state index in [1.54, 1.807) is 7.11 Å². The summed E-state index contributed by atoms with van der Waals surface area (Å²) in [5, 5.41) is 5.55. The van der Waals surface area contributed by atoms with Crippen LogP contribution in [0.15, 0.2) is 42.7 Å². The van der Waals surface area contributed by atoms with Crippen LogP contribution in [-0.2, 0) is 23.1 Å². The number of aromatic amines is 1. The van der Waals surface area contributed by atoms with E-state index < -0.39 is 0 Å². The highest BCUT2D eigenvalue weighted by Gasteiger charge is 2.24. The number of benzene rings is 1. The van der Waals surface area contributed by atoms with Gasteiger partial charge in [0.05, 0.1) is 43.4 Å². The highest BCUT2D eigenvalue weighted by molar-refractivity contribution is 5.93. The first-order valence-corrected chi connectivity index (χ1v) is 10.5. The number of morpholine rings is 1. The maximum Gasteiger partial charge on any atom is 0.162 e. The molecule has 1 atom stereocenters. The largest absolute Gasteiger partial charge is 0.380 e. The molecular formula is C23H26N6O2. The van der Waals surface area contributed by atoms with Crippen molar-refractivity contribution < 1.29 is 9.47 Å². The van der Waals surface area contributed by atoms with E-state index in [0.717, 1.165) is 45.8 Å². The molecule has 1 aliphatic heterocycles. The Hall–Kier alpha value is -3.23. The predicted octanol–water partition coefficient (Wildman–Crippen LogP) is 3.40. The van der Waals surface area contributed by atoms with E-state index in [1.165, 1.54) is 0 Å². The number of rotatable bonds is 5. The van der Waals surface area contributed by atoms with Crippen molar-refractivity contribution >= 4 is 16.7 Å². The molecule has 8 nitrogen and oxygen atoms in total. The monoisotopic (exact) mass is 418 g/mol. The van der Waals surface area contributed by atoms with Crippen molar-refractivity contribution in [2.75, 3.05) is 31.8 Å². The number of nitrogens with zero attached hydrogens (tertiary/aromatic N) is 5. The number of methoxy groups -OCH3 is 1. The molecule has 1 unspecified atom stereocenters. The van der Waals surface area contributed by atoms with Crippen molar-refractivity contribution in [3.63, 3.8) is 0 Å². The minimum atomic E-state index is 0.234. The molecule has 1 N–H and O–H groups in total. The zero-order valence-electron chi connectivity index (χ0n) is 18.0. The molecule has 4 heterocycles. The topological polar surface area (TPSA) is 81.1 Å². The zero-order valence-corrected chi connectivity index (χ0v) is 18.0. The van der Waals surface area contributed by atoms with E-state index in [4.69, 9.17) is 19.4 Å². The van der Waals surface area contributed by atoms with Crippen LogP contribution < -0.4 is 4.90 Å². The third kappa shape index (κ3) is 3.58. The lowest BCUT2D eigenvalue weighted by Gasteiger charge is -2.34. The van der Waals surface area contributed by atoms with Gasteiger partial charge in [0, 0.05) is 55.0 Å². The molecule has 3 aromatic heterocycles. The fourth-order valence-electron chi connectivity index (χ4n) is 4.25. The molecule has 0 spiro atoms. The van der Waals surface area contributed by atoms with Gasteiger partial charge in [0.15, 0.2) is 5.82 Å². The molecular weight excluding hydrogens is 392 g/mol. The minimum absolute atomic E-state index is 0.234. The van der Waals surface area contributed by atoms with Gasteiger partial charge in [0.2, 0.25) is 0 Å². The van der Waals surface area contributed by atoms with Gasteiger partial charge in [-0.05, 0) is 19.1 Å². The van der Waals surface area contributed by atoms with Gasteiger partial charge in [0.25, 0.3) is 0 Å². The summed E-state index contributed by atoms with van der Waals surface area (Å²) in [4.78, 5) is 15.6. The first kappa shape index (κ1) is 19.7. The molecule has 31 heavy (non-hydrogen) atoms. The Bertz CT molecular complexity index is 1210. The van der Waals surface area contributed by atoms with Gasteiger partial charge in [-0.15, -0.1) is 0 Å². The first-order chi connectivity index (χ1) is 15.2. The minimum Gasteiger partial charge on any atom is -0.380 e. The van der Waals surface area contributed by atoms with Crippen LogP contribution in [0.4, 0.5) is 5.82 Å². The molecule has 0 bridgehead atoms. The van der Waals surface area contributed by atoms with Crippen LogP contribution in [-0.4, -0.2) is 57.6 Å². The maximum absolute atomic E-state index is 5.65. The molecule has 1 fully saturated rings. The molecule has 1 saturated heterocycles. The molecule has 0 radical (unpaired) electrons. The fourth-order valence-corrected chi connectivity index (χ4v) is 4.25. The summed E-state index contributed by atoms with van der Waals surface area (Å²) in [5.41, 5.74) is 4.83. The van der Waals surface area contributed by atoms with Crippen molar-refractivity contribution in [2.24, 2.45) is 7.05 Å². The van der Waals surface area contributed by atoms with Gasteiger partial charge >= 0.3 is 0 Å². The molecule has 1 aromatic carbocycles. The molecule has 4 aromatic rings. The second kappa shape index (κ2) is 8.13. The van der Waals surface area contributed by atoms with E-state index in [1.807, 2.05) is 30.2 Å². The van der Waals surface area contributed by atoms with Gasteiger partial charge < -0.3 is 19.4 Å². The van der Waals surface area contributed by atoms with E-state index in [2.05, 4.69) is 46.2 Å². The fraction of sp³-hybridized carbons (Fsp3) is 0.348. The lowest BCUT2D eigenvalue weighted by molar-refractivity contribution is 0.0985. The van der Waals surface area contributed by atoms with Crippen molar-refractivity contribution in [1.29, 1.82) is 0 Å². The van der Waals surface area contributed by atoms with E-state index in [0.29, 0.717) is 25.6 Å². The maximum atomic E-state index is 5.65. The van der Waals surface area contributed by atoms with Crippen molar-refractivity contribution in [3.05, 3.63) is 48.3 Å². The number of anilines is 1. The van der Waals surface area contributed by atoms with Crippen LogP contribution in [0.3, 0.4) is 0 Å². The highest BCUT2D eigenvalue weighted by atomic mass is 16.5. The Labute approximate surface area is 180 Å². The van der Waals surface area contributed by atoms with Crippen LogP contribution in [0.25, 0.3) is 33.7 Å². The number of nitrogens with one attached hydrogen (secondary N) is 1. The third-order valence-electron chi connectivity index (χ3n) is 5.77. The summed E-state index contributed by atoms with van der Waals surface area (Å²) in [5.74, 6) is 1.59. The molecule has 0 aliphatic carbocycles.